The van der Waals surface area contributed by atoms with Crippen LogP contribution in [0, 0.1) is 6.92 Å². The molecule has 0 heterocycles. The Hall–Kier alpha value is -3.15. The normalized spacial score (nSPS) is 10.2. The third-order valence-corrected chi connectivity index (χ3v) is 4.27. The number of hydrogen-bond donors (Lipinski definition) is 1. The smallest absolute Gasteiger partial charge is 0.337 e. The van der Waals surface area contributed by atoms with Gasteiger partial charge in [0.05, 0.1) is 12.7 Å². The molecular weight excluding hydrogens is 344 g/mol. The molecule has 0 fully saturated rings. The van der Waals surface area contributed by atoms with Crippen molar-refractivity contribution in [2.45, 2.75) is 26.8 Å². The number of carbonyl (C=O) groups is 3. The minimum atomic E-state index is -0.429. The van der Waals surface area contributed by atoms with Crippen molar-refractivity contribution >= 4 is 23.5 Å². The molecular formula is C21H24N2O4. The second-order valence-electron chi connectivity index (χ2n) is 6.23. The number of carbonyl (C=O) groups excluding carboxylic acids is 3. The highest BCUT2D eigenvalue weighted by atomic mass is 16.5. The van der Waals surface area contributed by atoms with E-state index in [0.29, 0.717) is 24.3 Å². The topological polar surface area (TPSA) is 75.7 Å². The van der Waals surface area contributed by atoms with Gasteiger partial charge in [0.15, 0.2) is 0 Å². The maximum atomic E-state index is 12.2. The highest BCUT2D eigenvalue weighted by Crippen LogP contribution is 2.13. The van der Waals surface area contributed by atoms with Gasteiger partial charge in [-0.25, -0.2) is 4.79 Å². The molecule has 0 unspecified atom stereocenters. The third-order valence-electron chi connectivity index (χ3n) is 4.27. The quantitative estimate of drug-likeness (QED) is 0.762. The first-order valence-electron chi connectivity index (χ1n) is 8.69. The molecule has 2 amide bonds. The van der Waals surface area contributed by atoms with Gasteiger partial charge >= 0.3 is 5.97 Å². The number of nitrogens with zero attached hydrogens (tertiary/aromatic N) is 1. The number of hydrogen-bond acceptors (Lipinski definition) is 4. The zero-order valence-corrected chi connectivity index (χ0v) is 15.8. The number of methoxy groups -OCH3 is 1. The minimum absolute atomic E-state index is 0.0755. The van der Waals surface area contributed by atoms with Gasteiger partial charge in [-0.1, -0.05) is 24.3 Å². The molecule has 0 atom stereocenters. The fourth-order valence-electron chi connectivity index (χ4n) is 2.61. The molecule has 0 bridgehead atoms. The van der Waals surface area contributed by atoms with E-state index in [-0.39, 0.29) is 18.2 Å². The number of nitrogens with one attached hydrogen (secondary N) is 1. The zero-order chi connectivity index (χ0) is 19.8. The van der Waals surface area contributed by atoms with Crippen LogP contribution in [0.15, 0.2) is 48.5 Å². The van der Waals surface area contributed by atoms with Crippen LogP contribution in [-0.2, 0) is 20.9 Å². The molecule has 0 aliphatic rings. The number of benzene rings is 2. The summed E-state index contributed by atoms with van der Waals surface area (Å²) in [4.78, 5) is 37.2. The summed E-state index contributed by atoms with van der Waals surface area (Å²) < 4.78 is 4.64. The van der Waals surface area contributed by atoms with Gasteiger partial charge in [0.2, 0.25) is 11.8 Å². The van der Waals surface area contributed by atoms with Crippen molar-refractivity contribution in [3.8, 4) is 0 Å². The monoisotopic (exact) mass is 368 g/mol. The maximum Gasteiger partial charge on any atom is 0.337 e. The summed E-state index contributed by atoms with van der Waals surface area (Å²) in [7, 11) is 1.32. The van der Waals surface area contributed by atoms with Crippen molar-refractivity contribution in [2.24, 2.45) is 0 Å². The molecule has 142 valence electrons. The molecule has 6 heteroatoms. The maximum absolute atomic E-state index is 12.2. The Morgan fingerprint density at radius 3 is 2.30 bits per heavy atom. The summed E-state index contributed by atoms with van der Waals surface area (Å²) in [6.45, 7) is 4.30. The van der Waals surface area contributed by atoms with E-state index in [4.69, 9.17) is 0 Å². The molecule has 0 aromatic heterocycles. The first-order valence-corrected chi connectivity index (χ1v) is 8.69. The van der Waals surface area contributed by atoms with Gasteiger partial charge in [-0.15, -0.1) is 0 Å². The molecule has 0 saturated heterocycles. The summed E-state index contributed by atoms with van der Waals surface area (Å²) in [6, 6.07) is 14.3. The second kappa shape index (κ2) is 9.52. The fourth-order valence-corrected chi connectivity index (χ4v) is 2.61. The lowest BCUT2D eigenvalue weighted by Gasteiger charge is -2.22. The van der Waals surface area contributed by atoms with E-state index in [0.717, 1.165) is 11.1 Å². The van der Waals surface area contributed by atoms with Crippen LogP contribution in [0.4, 0.5) is 5.69 Å². The van der Waals surface area contributed by atoms with Crippen LogP contribution >= 0.6 is 0 Å². The Balaban J connectivity index is 1.91. The minimum Gasteiger partial charge on any atom is -0.465 e. The molecule has 0 radical (unpaired) electrons. The Morgan fingerprint density at radius 2 is 1.70 bits per heavy atom. The van der Waals surface area contributed by atoms with Crippen molar-refractivity contribution in [1.82, 2.24) is 4.90 Å². The van der Waals surface area contributed by atoms with Crippen molar-refractivity contribution < 1.29 is 19.1 Å². The van der Waals surface area contributed by atoms with Crippen LogP contribution in [0.3, 0.4) is 0 Å². The van der Waals surface area contributed by atoms with E-state index in [9.17, 15) is 14.4 Å². The van der Waals surface area contributed by atoms with Crippen molar-refractivity contribution in [1.29, 1.82) is 0 Å². The van der Waals surface area contributed by atoms with Crippen LogP contribution in [0.25, 0.3) is 0 Å². The predicted octanol–water partition coefficient (Wildman–Crippen LogP) is 3.16. The van der Waals surface area contributed by atoms with Crippen LogP contribution in [0.5, 0.6) is 0 Å². The van der Waals surface area contributed by atoms with E-state index in [1.807, 2.05) is 31.2 Å². The number of aryl methyl sites for hydroxylation is 1. The average molecular weight is 368 g/mol. The van der Waals surface area contributed by atoms with E-state index in [1.165, 1.54) is 14.0 Å². The Kier molecular flexibility index (Phi) is 7.11. The summed E-state index contributed by atoms with van der Waals surface area (Å²) in [5, 5.41) is 2.77. The van der Waals surface area contributed by atoms with Gasteiger partial charge in [-0.05, 0) is 42.3 Å². The van der Waals surface area contributed by atoms with Crippen molar-refractivity contribution in [3.05, 3.63) is 65.2 Å². The lowest BCUT2D eigenvalue weighted by atomic mass is 10.1. The van der Waals surface area contributed by atoms with Gasteiger partial charge in [-0.3, -0.25) is 9.59 Å². The first kappa shape index (κ1) is 20.2. The number of anilines is 1. The molecule has 0 spiro atoms. The summed E-state index contributed by atoms with van der Waals surface area (Å²) >= 11 is 0. The van der Waals surface area contributed by atoms with Crippen LogP contribution in [0.1, 0.15) is 34.8 Å². The predicted molar refractivity (Wildman–Crippen MR) is 103 cm³/mol. The molecule has 1 N–H and O–H groups in total. The molecule has 0 saturated carbocycles. The van der Waals surface area contributed by atoms with Gasteiger partial charge < -0.3 is 15.0 Å². The SMILES string of the molecule is COC(=O)c1ccc(NC(=O)CCN(Cc2ccccc2C)C(C)=O)cc1. The lowest BCUT2D eigenvalue weighted by molar-refractivity contribution is -0.129. The number of ether oxygens (including phenoxy) is 1. The van der Waals surface area contributed by atoms with E-state index < -0.39 is 5.97 Å². The van der Waals surface area contributed by atoms with Crippen LogP contribution in [0.2, 0.25) is 0 Å². The van der Waals surface area contributed by atoms with Crippen molar-refractivity contribution in [2.75, 3.05) is 19.0 Å². The molecule has 2 aromatic carbocycles. The highest BCUT2D eigenvalue weighted by molar-refractivity contribution is 5.93. The van der Waals surface area contributed by atoms with Crippen LogP contribution < -0.4 is 5.32 Å². The zero-order valence-electron chi connectivity index (χ0n) is 15.8. The largest absolute Gasteiger partial charge is 0.465 e. The number of amides is 2. The Bertz CT molecular complexity index is 815. The summed E-state index contributed by atoms with van der Waals surface area (Å²) in [5.41, 5.74) is 3.17. The molecule has 2 rings (SSSR count). The highest BCUT2D eigenvalue weighted by Gasteiger charge is 2.13. The summed E-state index contributed by atoms with van der Waals surface area (Å²) in [5.74, 6) is -0.702. The molecule has 27 heavy (non-hydrogen) atoms. The lowest BCUT2D eigenvalue weighted by Crippen LogP contribution is -2.31. The van der Waals surface area contributed by atoms with Gasteiger partial charge in [0, 0.05) is 32.1 Å². The van der Waals surface area contributed by atoms with E-state index >= 15 is 0 Å². The average Bonchev–Trinajstić information content (AvgIpc) is 2.66. The third kappa shape index (κ3) is 5.95. The van der Waals surface area contributed by atoms with Gasteiger partial charge in [-0.2, -0.15) is 0 Å². The molecule has 0 aliphatic heterocycles. The second-order valence-corrected chi connectivity index (χ2v) is 6.23. The fraction of sp³-hybridized carbons (Fsp3) is 0.286. The standard InChI is InChI=1S/C21H24N2O4/c1-15-6-4-5-7-18(15)14-23(16(2)24)13-12-20(25)22-19-10-8-17(9-11-19)21(26)27-3/h4-11H,12-14H2,1-3H3,(H,22,25). The Morgan fingerprint density at radius 1 is 1.04 bits per heavy atom. The van der Waals surface area contributed by atoms with Gasteiger partial charge in [0.25, 0.3) is 0 Å². The molecule has 2 aromatic rings. The molecule has 6 nitrogen and oxygen atoms in total. The summed E-state index contributed by atoms with van der Waals surface area (Å²) in [6.07, 6.45) is 0.185. The van der Waals surface area contributed by atoms with Crippen molar-refractivity contribution in [3.63, 3.8) is 0 Å². The van der Waals surface area contributed by atoms with E-state index in [1.54, 1.807) is 29.2 Å². The first-order chi connectivity index (χ1) is 12.9. The molecule has 0 aliphatic carbocycles. The number of rotatable bonds is 7. The Labute approximate surface area is 159 Å². The van der Waals surface area contributed by atoms with Crippen LogP contribution in [-0.4, -0.2) is 36.3 Å². The van der Waals surface area contributed by atoms with Gasteiger partial charge in [0.1, 0.15) is 0 Å². The number of esters is 1. The van der Waals surface area contributed by atoms with E-state index in [2.05, 4.69) is 10.1 Å².